The Hall–Kier alpha value is -2.13. The molecule has 0 unspecified atom stereocenters. The number of rotatable bonds is 5. The number of hydrogen-bond donors (Lipinski definition) is 3. The van der Waals surface area contributed by atoms with E-state index in [9.17, 15) is 13.5 Å². The molecule has 1 aliphatic rings. The smallest absolute Gasteiger partial charge is 0.240 e. The molecule has 1 aliphatic carbocycles. The average molecular weight is 435 g/mol. The number of nitrogen functional groups attached to an aromatic ring is 1. The molecule has 154 valence electrons. The van der Waals surface area contributed by atoms with Crippen LogP contribution in [0.5, 0.6) is 0 Å². The monoisotopic (exact) mass is 434 g/mol. The number of nitrogens with zero attached hydrogens (tertiary/aromatic N) is 2. The third-order valence-corrected chi connectivity index (χ3v) is 7.25. The predicted molar refractivity (Wildman–Crippen MR) is 112 cm³/mol. The van der Waals surface area contributed by atoms with E-state index < -0.39 is 10.0 Å². The number of pyridine rings is 1. The van der Waals surface area contributed by atoms with Crippen LogP contribution in [-0.4, -0.2) is 35.1 Å². The number of fused-ring (bicyclic) bond motifs is 1. The van der Waals surface area contributed by atoms with Crippen LogP contribution in [0, 0.1) is 0 Å². The zero-order chi connectivity index (χ0) is 20.6. The van der Waals surface area contributed by atoms with Crippen LogP contribution in [0.15, 0.2) is 47.6 Å². The van der Waals surface area contributed by atoms with Gasteiger partial charge in [-0.1, -0.05) is 23.7 Å². The Morgan fingerprint density at radius 2 is 1.86 bits per heavy atom. The second-order valence-corrected chi connectivity index (χ2v) is 9.59. The number of nitrogens with one attached hydrogen (secondary N) is 1. The number of benzene rings is 1. The van der Waals surface area contributed by atoms with E-state index in [-0.39, 0.29) is 17.0 Å². The lowest BCUT2D eigenvalue weighted by molar-refractivity contribution is 0.120. The highest BCUT2D eigenvalue weighted by Gasteiger charge is 2.24. The summed E-state index contributed by atoms with van der Waals surface area (Å²) in [5.74, 6) is 0. The molecule has 2 heterocycles. The zero-order valence-electron chi connectivity index (χ0n) is 15.8. The van der Waals surface area contributed by atoms with Crippen LogP contribution in [0.25, 0.3) is 5.65 Å². The number of aromatic nitrogens is 2. The Bertz CT molecular complexity index is 1120. The summed E-state index contributed by atoms with van der Waals surface area (Å²) in [5, 5.41) is 10.0. The van der Waals surface area contributed by atoms with Gasteiger partial charge in [0, 0.05) is 30.6 Å². The van der Waals surface area contributed by atoms with Crippen molar-refractivity contribution in [2.45, 2.75) is 49.1 Å². The van der Waals surface area contributed by atoms with Crippen LogP contribution < -0.4 is 10.5 Å². The highest BCUT2D eigenvalue weighted by Crippen LogP contribution is 2.25. The molecule has 7 nitrogen and oxygen atoms in total. The van der Waals surface area contributed by atoms with Crippen LogP contribution in [-0.2, 0) is 16.4 Å². The van der Waals surface area contributed by atoms with Crippen LogP contribution in [0.1, 0.15) is 36.9 Å². The van der Waals surface area contributed by atoms with Crippen molar-refractivity contribution in [1.29, 1.82) is 0 Å². The maximum Gasteiger partial charge on any atom is 0.240 e. The number of imidazole rings is 1. The molecule has 29 heavy (non-hydrogen) atoms. The van der Waals surface area contributed by atoms with Crippen LogP contribution in [0.3, 0.4) is 0 Å². The molecule has 2 aromatic heterocycles. The summed E-state index contributed by atoms with van der Waals surface area (Å²) < 4.78 is 29.9. The van der Waals surface area contributed by atoms with E-state index in [2.05, 4.69) is 9.71 Å². The molecule has 1 fully saturated rings. The molecule has 4 rings (SSSR count). The minimum absolute atomic E-state index is 0.126. The Balaban J connectivity index is 1.49. The van der Waals surface area contributed by atoms with Gasteiger partial charge in [0.1, 0.15) is 0 Å². The molecule has 4 N–H and O–H groups in total. The summed E-state index contributed by atoms with van der Waals surface area (Å²) in [5.41, 5.74) is 8.90. The first-order valence-electron chi connectivity index (χ1n) is 9.53. The first-order valence-corrected chi connectivity index (χ1v) is 11.4. The van der Waals surface area contributed by atoms with E-state index in [1.807, 2.05) is 10.6 Å². The highest BCUT2D eigenvalue weighted by molar-refractivity contribution is 7.89. The fourth-order valence-corrected chi connectivity index (χ4v) is 5.15. The van der Waals surface area contributed by atoms with Crippen molar-refractivity contribution in [2.75, 3.05) is 5.73 Å². The molecule has 1 saturated carbocycles. The van der Waals surface area contributed by atoms with Crippen molar-refractivity contribution in [3.63, 3.8) is 0 Å². The quantitative estimate of drug-likeness (QED) is 0.572. The number of aliphatic hydroxyl groups excluding tert-OH is 1. The van der Waals surface area contributed by atoms with Gasteiger partial charge in [0.15, 0.2) is 5.65 Å². The van der Waals surface area contributed by atoms with E-state index in [0.717, 1.165) is 11.3 Å². The molecule has 9 heteroatoms. The SMILES string of the molecule is Nc1c(Cl)ccn2c(Cc3ccc(S(=O)(=O)NC4CCC(O)CC4)cc3)cnc12. The molecular formula is C20H23ClN4O3S. The van der Waals surface area contributed by atoms with E-state index in [1.54, 1.807) is 36.5 Å². The number of anilines is 1. The Labute approximate surface area is 174 Å². The molecule has 3 aromatic rings. The van der Waals surface area contributed by atoms with Gasteiger partial charge in [-0.15, -0.1) is 0 Å². The first kappa shape index (κ1) is 20.2. The largest absolute Gasteiger partial charge is 0.394 e. The molecule has 0 atom stereocenters. The Morgan fingerprint density at radius 1 is 1.17 bits per heavy atom. The number of hydrogen-bond acceptors (Lipinski definition) is 5. The second-order valence-electron chi connectivity index (χ2n) is 7.47. The van der Waals surface area contributed by atoms with Crippen LogP contribution in [0.2, 0.25) is 5.02 Å². The zero-order valence-corrected chi connectivity index (χ0v) is 17.3. The summed E-state index contributed by atoms with van der Waals surface area (Å²) in [7, 11) is -3.58. The van der Waals surface area contributed by atoms with E-state index in [4.69, 9.17) is 17.3 Å². The predicted octanol–water partition coefficient (Wildman–Crippen LogP) is 2.74. The van der Waals surface area contributed by atoms with Gasteiger partial charge in [-0.05, 0) is 49.4 Å². The maximum absolute atomic E-state index is 12.6. The van der Waals surface area contributed by atoms with Crippen molar-refractivity contribution in [3.05, 3.63) is 59.0 Å². The van der Waals surface area contributed by atoms with Gasteiger partial charge in [0.25, 0.3) is 0 Å². The van der Waals surface area contributed by atoms with Crippen LogP contribution >= 0.6 is 11.6 Å². The molecule has 0 aliphatic heterocycles. The molecule has 0 radical (unpaired) electrons. The van der Waals surface area contributed by atoms with Gasteiger partial charge < -0.3 is 15.2 Å². The van der Waals surface area contributed by atoms with Crippen molar-refractivity contribution in [2.24, 2.45) is 0 Å². The van der Waals surface area contributed by atoms with Gasteiger partial charge >= 0.3 is 0 Å². The number of aliphatic hydroxyl groups is 1. The van der Waals surface area contributed by atoms with Crippen molar-refractivity contribution in [1.82, 2.24) is 14.1 Å². The lowest BCUT2D eigenvalue weighted by Gasteiger charge is -2.26. The Morgan fingerprint density at radius 3 is 2.55 bits per heavy atom. The molecule has 0 saturated heterocycles. The molecule has 0 spiro atoms. The standard InChI is InChI=1S/C20H23ClN4O3S/c21-18-9-10-25-15(12-23-20(25)19(18)22)11-13-1-7-17(8-2-13)29(27,28)24-14-3-5-16(26)6-4-14/h1-2,7-10,12,14,16,24,26H,3-6,11,22H2. The van der Waals surface area contributed by atoms with Crippen molar-refractivity contribution >= 4 is 33.0 Å². The topological polar surface area (TPSA) is 110 Å². The second kappa shape index (κ2) is 7.95. The fourth-order valence-electron chi connectivity index (χ4n) is 3.71. The number of nitrogens with two attached hydrogens (primary N) is 1. The number of sulfonamides is 1. The fraction of sp³-hybridized carbons (Fsp3) is 0.350. The van der Waals surface area contributed by atoms with Gasteiger partial charge in [0.2, 0.25) is 10.0 Å². The molecule has 0 amide bonds. The average Bonchev–Trinajstić information content (AvgIpc) is 3.10. The highest BCUT2D eigenvalue weighted by atomic mass is 35.5. The van der Waals surface area contributed by atoms with Crippen molar-refractivity contribution < 1.29 is 13.5 Å². The van der Waals surface area contributed by atoms with Crippen LogP contribution in [0.4, 0.5) is 5.69 Å². The van der Waals surface area contributed by atoms with Gasteiger partial charge in [-0.3, -0.25) is 0 Å². The third-order valence-electron chi connectivity index (χ3n) is 5.38. The van der Waals surface area contributed by atoms with Gasteiger partial charge in [-0.25, -0.2) is 18.1 Å². The van der Waals surface area contributed by atoms with E-state index in [0.29, 0.717) is 48.5 Å². The summed E-state index contributed by atoms with van der Waals surface area (Å²) in [6.45, 7) is 0. The van der Waals surface area contributed by atoms with E-state index in [1.165, 1.54) is 0 Å². The molecule has 1 aromatic carbocycles. The van der Waals surface area contributed by atoms with Crippen molar-refractivity contribution in [3.8, 4) is 0 Å². The first-order chi connectivity index (χ1) is 13.8. The summed E-state index contributed by atoms with van der Waals surface area (Å²) in [6, 6.07) is 8.43. The lowest BCUT2D eigenvalue weighted by Crippen LogP contribution is -2.38. The summed E-state index contributed by atoms with van der Waals surface area (Å²) in [4.78, 5) is 4.57. The minimum atomic E-state index is -3.58. The Kier molecular flexibility index (Phi) is 5.52. The van der Waals surface area contributed by atoms with Gasteiger partial charge in [-0.2, -0.15) is 0 Å². The van der Waals surface area contributed by atoms with Gasteiger partial charge in [0.05, 0.1) is 21.7 Å². The normalized spacial score (nSPS) is 20.2. The molecular weight excluding hydrogens is 412 g/mol. The summed E-state index contributed by atoms with van der Waals surface area (Å²) >= 11 is 6.04. The summed E-state index contributed by atoms with van der Waals surface area (Å²) in [6.07, 6.45) is 6.38. The number of halogens is 1. The maximum atomic E-state index is 12.6. The van der Waals surface area contributed by atoms with E-state index >= 15 is 0 Å². The lowest BCUT2D eigenvalue weighted by atomic mass is 9.94. The molecule has 0 bridgehead atoms. The third kappa shape index (κ3) is 4.25. The minimum Gasteiger partial charge on any atom is -0.394 e.